The zero-order valence-electron chi connectivity index (χ0n) is 17.2. The van der Waals surface area contributed by atoms with Gasteiger partial charge in [-0.15, -0.1) is 0 Å². The van der Waals surface area contributed by atoms with Crippen LogP contribution in [-0.4, -0.2) is 40.2 Å². The number of benzene rings is 2. The maximum atomic E-state index is 13.0. The number of nitrogens with one attached hydrogen (secondary N) is 1. The Morgan fingerprint density at radius 3 is 2.81 bits per heavy atom. The fourth-order valence-electron chi connectivity index (χ4n) is 4.31. The van der Waals surface area contributed by atoms with E-state index in [-0.39, 0.29) is 19.2 Å². The molecule has 31 heavy (non-hydrogen) atoms. The monoisotopic (exact) mass is 421 g/mol. The Morgan fingerprint density at radius 2 is 1.97 bits per heavy atom. The Labute approximate surface area is 178 Å². The van der Waals surface area contributed by atoms with Gasteiger partial charge in [-0.1, -0.05) is 13.0 Å². The average Bonchev–Trinajstić information content (AvgIpc) is 3.23. The van der Waals surface area contributed by atoms with Crippen molar-refractivity contribution in [1.29, 1.82) is 0 Å². The summed E-state index contributed by atoms with van der Waals surface area (Å²) in [5, 5.41) is 0.365. The van der Waals surface area contributed by atoms with Crippen molar-refractivity contribution in [1.82, 2.24) is 14.5 Å². The number of amides is 1. The quantitative estimate of drug-likeness (QED) is 0.701. The molecule has 1 aromatic heterocycles. The largest absolute Gasteiger partial charge is 0.454 e. The number of carbonyl (C=O) groups excluding carboxylic acids is 1. The van der Waals surface area contributed by atoms with Gasteiger partial charge in [-0.3, -0.25) is 14.2 Å². The van der Waals surface area contributed by atoms with Gasteiger partial charge < -0.3 is 19.4 Å². The lowest BCUT2D eigenvalue weighted by Gasteiger charge is -2.31. The summed E-state index contributed by atoms with van der Waals surface area (Å²) in [6.07, 6.45) is 2.11. The number of ether oxygens (including phenoxy) is 2. The highest BCUT2D eigenvalue weighted by atomic mass is 16.7. The van der Waals surface area contributed by atoms with Crippen molar-refractivity contribution in [3.63, 3.8) is 0 Å². The molecule has 8 heteroatoms. The maximum absolute atomic E-state index is 13.0. The predicted molar refractivity (Wildman–Crippen MR) is 115 cm³/mol. The van der Waals surface area contributed by atoms with Crippen molar-refractivity contribution in [2.75, 3.05) is 19.9 Å². The molecule has 3 aromatic rings. The lowest BCUT2D eigenvalue weighted by molar-refractivity contribution is 0.0683. The average molecular weight is 421 g/mol. The molecule has 2 aliphatic rings. The molecule has 5 rings (SSSR count). The molecule has 1 unspecified atom stereocenters. The van der Waals surface area contributed by atoms with Crippen LogP contribution < -0.4 is 20.7 Å². The van der Waals surface area contributed by atoms with Crippen molar-refractivity contribution in [2.45, 2.75) is 26.3 Å². The molecule has 1 N–H and O–H groups in total. The number of piperidine rings is 1. The second kappa shape index (κ2) is 7.61. The van der Waals surface area contributed by atoms with Gasteiger partial charge in [0.2, 0.25) is 6.79 Å². The van der Waals surface area contributed by atoms with Gasteiger partial charge in [0.15, 0.2) is 11.5 Å². The maximum Gasteiger partial charge on any atom is 0.329 e. The van der Waals surface area contributed by atoms with Gasteiger partial charge in [-0.25, -0.2) is 4.79 Å². The van der Waals surface area contributed by atoms with Crippen LogP contribution in [0.1, 0.15) is 35.7 Å². The zero-order chi connectivity index (χ0) is 21.5. The summed E-state index contributed by atoms with van der Waals surface area (Å²) in [4.78, 5) is 43.2. The first-order valence-corrected chi connectivity index (χ1v) is 10.4. The van der Waals surface area contributed by atoms with Crippen LogP contribution in [0, 0.1) is 5.92 Å². The molecule has 0 bridgehead atoms. The summed E-state index contributed by atoms with van der Waals surface area (Å²) in [5.74, 6) is 1.64. The van der Waals surface area contributed by atoms with E-state index < -0.39 is 11.2 Å². The van der Waals surface area contributed by atoms with E-state index in [1.165, 1.54) is 0 Å². The Morgan fingerprint density at radius 1 is 1.13 bits per heavy atom. The van der Waals surface area contributed by atoms with Gasteiger partial charge in [-0.05, 0) is 54.7 Å². The van der Waals surface area contributed by atoms with Crippen LogP contribution in [0.15, 0.2) is 46.0 Å². The summed E-state index contributed by atoms with van der Waals surface area (Å²) in [5.41, 5.74) is 0.675. The van der Waals surface area contributed by atoms with Crippen LogP contribution in [-0.2, 0) is 6.54 Å². The minimum atomic E-state index is -0.522. The molecular formula is C23H23N3O5. The topological polar surface area (TPSA) is 93.6 Å². The molecule has 2 aromatic carbocycles. The van der Waals surface area contributed by atoms with Crippen molar-refractivity contribution in [3.05, 3.63) is 68.4 Å². The van der Waals surface area contributed by atoms with Crippen molar-refractivity contribution >= 4 is 16.8 Å². The fourth-order valence-corrected chi connectivity index (χ4v) is 4.31. The number of hydrogen-bond donors (Lipinski definition) is 1. The number of aromatic amines is 1. The lowest BCUT2D eigenvalue weighted by Crippen LogP contribution is -2.39. The summed E-state index contributed by atoms with van der Waals surface area (Å²) < 4.78 is 11.8. The van der Waals surface area contributed by atoms with Gasteiger partial charge in [-0.2, -0.15) is 0 Å². The molecule has 1 atom stereocenters. The van der Waals surface area contributed by atoms with E-state index in [0.29, 0.717) is 33.9 Å². The first-order chi connectivity index (χ1) is 15.0. The molecule has 3 heterocycles. The van der Waals surface area contributed by atoms with Crippen LogP contribution >= 0.6 is 0 Å². The molecule has 2 aliphatic heterocycles. The van der Waals surface area contributed by atoms with Crippen LogP contribution in [0.25, 0.3) is 10.9 Å². The van der Waals surface area contributed by atoms with Gasteiger partial charge in [0.05, 0.1) is 17.4 Å². The van der Waals surface area contributed by atoms with E-state index in [9.17, 15) is 14.4 Å². The molecule has 1 amide bonds. The predicted octanol–water partition coefficient (Wildman–Crippen LogP) is 2.34. The summed E-state index contributed by atoms with van der Waals surface area (Å²) in [6.45, 7) is 3.86. The summed E-state index contributed by atoms with van der Waals surface area (Å²) >= 11 is 0. The van der Waals surface area contributed by atoms with Gasteiger partial charge in [0.1, 0.15) is 0 Å². The molecule has 160 valence electrons. The molecule has 0 radical (unpaired) electrons. The minimum Gasteiger partial charge on any atom is -0.454 e. The highest BCUT2D eigenvalue weighted by molar-refractivity contribution is 5.97. The molecule has 1 fully saturated rings. The van der Waals surface area contributed by atoms with E-state index in [1.807, 2.05) is 4.90 Å². The van der Waals surface area contributed by atoms with Gasteiger partial charge in [0, 0.05) is 18.7 Å². The molecule has 0 saturated carbocycles. The van der Waals surface area contributed by atoms with E-state index in [0.717, 1.165) is 36.1 Å². The third-order valence-corrected chi connectivity index (χ3v) is 5.95. The number of rotatable bonds is 3. The number of hydrogen-bond acceptors (Lipinski definition) is 5. The number of aromatic nitrogens is 2. The normalized spacial score (nSPS) is 17.8. The number of fused-ring (bicyclic) bond motifs is 2. The first kappa shape index (κ1) is 19.4. The van der Waals surface area contributed by atoms with Crippen molar-refractivity contribution in [3.8, 4) is 11.5 Å². The standard InChI is InChI=1S/C23H23N3O5/c1-14-3-2-8-25(11-14)21(27)16-5-6-17-18(10-16)24-23(29)26(22(17)28)12-15-4-7-19-20(9-15)31-13-30-19/h4-7,9-10,14H,2-3,8,11-13H2,1H3,(H,24,29). The van der Waals surface area contributed by atoms with Gasteiger partial charge in [0.25, 0.3) is 11.5 Å². The van der Waals surface area contributed by atoms with Crippen LogP contribution in [0.2, 0.25) is 0 Å². The van der Waals surface area contributed by atoms with Gasteiger partial charge >= 0.3 is 5.69 Å². The van der Waals surface area contributed by atoms with Crippen LogP contribution in [0.5, 0.6) is 11.5 Å². The second-order valence-electron chi connectivity index (χ2n) is 8.27. The van der Waals surface area contributed by atoms with E-state index in [1.54, 1.807) is 36.4 Å². The molecule has 1 saturated heterocycles. The van der Waals surface area contributed by atoms with Crippen molar-refractivity contribution in [2.24, 2.45) is 5.92 Å². The number of likely N-dealkylation sites (tertiary alicyclic amines) is 1. The Balaban J connectivity index is 1.47. The van der Waals surface area contributed by atoms with E-state index in [2.05, 4.69) is 11.9 Å². The minimum absolute atomic E-state index is 0.0705. The Hall–Kier alpha value is -3.55. The highest BCUT2D eigenvalue weighted by Crippen LogP contribution is 2.32. The molecule has 8 nitrogen and oxygen atoms in total. The Kier molecular flexibility index (Phi) is 4.77. The highest BCUT2D eigenvalue weighted by Gasteiger charge is 2.22. The molecular weight excluding hydrogens is 398 g/mol. The van der Waals surface area contributed by atoms with E-state index in [4.69, 9.17) is 9.47 Å². The first-order valence-electron chi connectivity index (χ1n) is 10.4. The third kappa shape index (κ3) is 3.58. The zero-order valence-corrected chi connectivity index (χ0v) is 17.2. The molecule has 0 spiro atoms. The third-order valence-electron chi connectivity index (χ3n) is 5.95. The summed E-state index contributed by atoms with van der Waals surface area (Å²) in [7, 11) is 0. The SMILES string of the molecule is CC1CCCN(C(=O)c2ccc3c(=O)n(Cc4ccc5c(c4)OCO5)c(=O)[nH]c3c2)C1. The van der Waals surface area contributed by atoms with Crippen molar-refractivity contribution < 1.29 is 14.3 Å². The smallest absolute Gasteiger partial charge is 0.329 e. The summed E-state index contributed by atoms with van der Waals surface area (Å²) in [6, 6.07) is 10.2. The fraction of sp³-hybridized carbons (Fsp3) is 0.348. The Bertz CT molecular complexity index is 1290. The molecule has 0 aliphatic carbocycles. The van der Waals surface area contributed by atoms with Crippen LogP contribution in [0.3, 0.4) is 0 Å². The second-order valence-corrected chi connectivity index (χ2v) is 8.27. The number of nitrogens with zero attached hydrogens (tertiary/aromatic N) is 2. The van der Waals surface area contributed by atoms with Crippen LogP contribution in [0.4, 0.5) is 0 Å². The number of carbonyl (C=O) groups is 1. The van der Waals surface area contributed by atoms with E-state index >= 15 is 0 Å². The lowest BCUT2D eigenvalue weighted by atomic mass is 9.99. The number of H-pyrrole nitrogens is 1.